The number of likely N-dealkylation sites (tertiary alicyclic amines) is 1. The smallest absolute Gasteiger partial charge is 0.246 e. The van der Waals surface area contributed by atoms with E-state index in [9.17, 15) is 4.79 Å². The first-order valence-corrected chi connectivity index (χ1v) is 11.8. The van der Waals surface area contributed by atoms with E-state index in [0.29, 0.717) is 34.5 Å². The van der Waals surface area contributed by atoms with Crippen molar-refractivity contribution in [2.75, 3.05) is 23.7 Å². The second-order valence-electron chi connectivity index (χ2n) is 8.61. The van der Waals surface area contributed by atoms with Gasteiger partial charge >= 0.3 is 0 Å². The Morgan fingerprint density at radius 3 is 2.77 bits per heavy atom. The van der Waals surface area contributed by atoms with Crippen LogP contribution in [-0.2, 0) is 4.79 Å². The average Bonchev–Trinajstić information content (AvgIpc) is 3.40. The van der Waals surface area contributed by atoms with Gasteiger partial charge in [0.1, 0.15) is 16.4 Å². The monoisotopic (exact) mass is 491 g/mol. The van der Waals surface area contributed by atoms with Gasteiger partial charge in [-0.05, 0) is 63.1 Å². The van der Waals surface area contributed by atoms with Crippen molar-refractivity contribution in [3.05, 3.63) is 59.5 Å². The number of anilines is 3. The number of halogens is 1. The van der Waals surface area contributed by atoms with Gasteiger partial charge in [0.05, 0.1) is 11.4 Å². The molecule has 1 aliphatic rings. The number of carbonyl (C=O) groups excluding carboxylic acids is 1. The Morgan fingerprint density at radius 2 is 2.06 bits per heavy atom. The molecule has 35 heavy (non-hydrogen) atoms. The van der Waals surface area contributed by atoms with Gasteiger partial charge in [-0.3, -0.25) is 9.89 Å². The number of nitrogens with zero attached hydrogens (tertiary/aromatic N) is 6. The fourth-order valence-corrected chi connectivity index (χ4v) is 4.59. The van der Waals surface area contributed by atoms with Gasteiger partial charge in [0.2, 0.25) is 11.9 Å². The molecule has 0 radical (unpaired) electrons. The number of H-pyrrole nitrogens is 1. The number of amides is 1. The summed E-state index contributed by atoms with van der Waals surface area (Å²) < 4.78 is 1.90. The van der Waals surface area contributed by atoms with E-state index in [2.05, 4.69) is 37.5 Å². The normalized spacial score (nSPS) is 15.9. The summed E-state index contributed by atoms with van der Waals surface area (Å²) in [6.45, 7) is 8.87. The van der Waals surface area contributed by atoms with Crippen molar-refractivity contribution < 1.29 is 4.79 Å². The highest BCUT2D eigenvalue weighted by Gasteiger charge is 2.24. The van der Waals surface area contributed by atoms with Crippen molar-refractivity contribution in [3.8, 4) is 5.69 Å². The molecule has 1 unspecified atom stereocenters. The Morgan fingerprint density at radius 1 is 1.26 bits per heavy atom. The Kier molecular flexibility index (Phi) is 6.12. The van der Waals surface area contributed by atoms with Crippen LogP contribution in [0.25, 0.3) is 16.7 Å². The van der Waals surface area contributed by atoms with Crippen LogP contribution in [-0.4, -0.2) is 59.9 Å². The van der Waals surface area contributed by atoms with Crippen molar-refractivity contribution in [3.63, 3.8) is 0 Å². The molecule has 0 aliphatic carbocycles. The lowest BCUT2D eigenvalue weighted by molar-refractivity contribution is -0.127. The maximum atomic E-state index is 12.1. The zero-order valence-electron chi connectivity index (χ0n) is 19.5. The van der Waals surface area contributed by atoms with E-state index in [0.717, 1.165) is 42.1 Å². The number of hydrogen-bond acceptors (Lipinski definition) is 7. The molecule has 1 atom stereocenters. The molecule has 3 aromatic heterocycles. The molecule has 1 amide bonds. The van der Waals surface area contributed by atoms with Crippen molar-refractivity contribution in [1.82, 2.24) is 34.8 Å². The summed E-state index contributed by atoms with van der Waals surface area (Å²) in [4.78, 5) is 23.1. The summed E-state index contributed by atoms with van der Waals surface area (Å²) >= 11 is 6.36. The number of piperidine rings is 1. The fourth-order valence-electron chi connectivity index (χ4n) is 4.37. The maximum absolute atomic E-state index is 12.1. The quantitative estimate of drug-likeness (QED) is 0.347. The summed E-state index contributed by atoms with van der Waals surface area (Å²) in [5, 5.41) is 19.2. The third-order valence-corrected chi connectivity index (χ3v) is 6.27. The lowest BCUT2D eigenvalue weighted by atomic mass is 10.1. The number of nitrogens with one attached hydrogen (secondary N) is 3. The molecule has 1 aromatic carbocycles. The van der Waals surface area contributed by atoms with E-state index in [1.165, 1.54) is 6.08 Å². The number of benzene rings is 1. The summed E-state index contributed by atoms with van der Waals surface area (Å²) in [5.74, 6) is 0.877. The van der Waals surface area contributed by atoms with E-state index in [1.807, 2.05) is 48.9 Å². The molecular formula is C24H26ClN9O. The molecule has 0 spiro atoms. The van der Waals surface area contributed by atoms with Crippen LogP contribution in [0, 0.1) is 13.8 Å². The number of aryl methyl sites for hydroxylation is 2. The highest BCUT2D eigenvalue weighted by Crippen LogP contribution is 2.29. The van der Waals surface area contributed by atoms with E-state index in [1.54, 1.807) is 4.90 Å². The zero-order valence-corrected chi connectivity index (χ0v) is 20.3. The van der Waals surface area contributed by atoms with Crippen LogP contribution < -0.4 is 10.6 Å². The number of carbonyl (C=O) groups is 1. The third-order valence-electron chi connectivity index (χ3n) is 6.00. The predicted octanol–water partition coefficient (Wildman–Crippen LogP) is 4.14. The van der Waals surface area contributed by atoms with Gasteiger partial charge in [-0.15, -0.1) is 0 Å². The summed E-state index contributed by atoms with van der Waals surface area (Å²) in [7, 11) is 0. The minimum absolute atomic E-state index is 0.0182. The van der Waals surface area contributed by atoms with Crippen molar-refractivity contribution in [2.45, 2.75) is 32.7 Å². The van der Waals surface area contributed by atoms with E-state index < -0.39 is 0 Å². The number of rotatable bonds is 6. The number of hydrogen-bond donors (Lipinski definition) is 3. The Hall–Kier alpha value is -3.92. The molecule has 4 heterocycles. The standard InChI is InChI=1S/C24H26ClN9O/c1-4-19(35)33-11-5-6-17(13-33)26-22-20-21(25)30-31-23(20)29-24(28-22)27-16-7-9-18(10-8-16)34-15(3)12-14(2)32-34/h4,7-10,12,17H,1,5-6,11,13H2,2-3H3,(H3,26,27,28,29,30,31). The molecule has 1 fully saturated rings. The summed E-state index contributed by atoms with van der Waals surface area (Å²) in [5.41, 5.74) is 4.28. The van der Waals surface area contributed by atoms with Crippen molar-refractivity contribution in [2.24, 2.45) is 0 Å². The van der Waals surface area contributed by atoms with Crippen LogP contribution in [0.2, 0.25) is 5.15 Å². The molecule has 1 aliphatic heterocycles. The summed E-state index contributed by atoms with van der Waals surface area (Å²) in [6, 6.07) is 9.92. The van der Waals surface area contributed by atoms with Gasteiger partial charge in [-0.2, -0.15) is 20.2 Å². The molecule has 180 valence electrons. The molecule has 10 nitrogen and oxygen atoms in total. The van der Waals surface area contributed by atoms with E-state index >= 15 is 0 Å². The van der Waals surface area contributed by atoms with E-state index in [4.69, 9.17) is 16.6 Å². The molecule has 1 saturated heterocycles. The first-order valence-electron chi connectivity index (χ1n) is 11.4. The minimum Gasteiger partial charge on any atom is -0.365 e. The SMILES string of the molecule is C=CC(=O)N1CCCC(Nc2nc(Nc3ccc(-n4nc(C)cc4C)cc3)nc3n[nH]c(Cl)c23)C1. The largest absolute Gasteiger partial charge is 0.365 e. The van der Waals surface area contributed by atoms with Crippen LogP contribution in [0.15, 0.2) is 43.0 Å². The van der Waals surface area contributed by atoms with Crippen LogP contribution in [0.5, 0.6) is 0 Å². The first kappa shape index (κ1) is 22.9. The highest BCUT2D eigenvalue weighted by atomic mass is 35.5. The van der Waals surface area contributed by atoms with Crippen molar-refractivity contribution in [1.29, 1.82) is 0 Å². The molecule has 0 saturated carbocycles. The molecule has 0 bridgehead atoms. The number of aromatic amines is 1. The van der Waals surface area contributed by atoms with Gasteiger partial charge in [0.25, 0.3) is 0 Å². The fraction of sp³-hybridized carbons (Fsp3) is 0.292. The molecule has 4 aromatic rings. The Bertz CT molecular complexity index is 1390. The average molecular weight is 492 g/mol. The van der Waals surface area contributed by atoms with Gasteiger partial charge < -0.3 is 15.5 Å². The lowest BCUT2D eigenvalue weighted by Crippen LogP contribution is -2.44. The van der Waals surface area contributed by atoms with Crippen LogP contribution in [0.3, 0.4) is 0 Å². The molecular weight excluding hydrogens is 466 g/mol. The Balaban J connectivity index is 1.39. The summed E-state index contributed by atoms with van der Waals surface area (Å²) in [6.07, 6.45) is 3.14. The Labute approximate surface area is 207 Å². The molecule has 5 rings (SSSR count). The predicted molar refractivity (Wildman–Crippen MR) is 136 cm³/mol. The second-order valence-corrected chi connectivity index (χ2v) is 8.99. The third kappa shape index (κ3) is 4.69. The van der Waals surface area contributed by atoms with Gasteiger partial charge in [0.15, 0.2) is 5.65 Å². The lowest BCUT2D eigenvalue weighted by Gasteiger charge is -2.32. The molecule has 11 heteroatoms. The zero-order chi connectivity index (χ0) is 24.5. The minimum atomic E-state index is -0.0723. The number of aromatic nitrogens is 6. The van der Waals surface area contributed by atoms with Crippen LogP contribution in [0.4, 0.5) is 17.5 Å². The van der Waals surface area contributed by atoms with Gasteiger partial charge in [0, 0.05) is 30.5 Å². The van der Waals surface area contributed by atoms with E-state index in [-0.39, 0.29) is 11.9 Å². The molecule has 3 N–H and O–H groups in total. The number of fused-ring (bicyclic) bond motifs is 1. The van der Waals surface area contributed by atoms with Gasteiger partial charge in [-0.1, -0.05) is 18.2 Å². The van der Waals surface area contributed by atoms with Crippen molar-refractivity contribution >= 4 is 46.0 Å². The topological polar surface area (TPSA) is 117 Å². The van der Waals surface area contributed by atoms with Gasteiger partial charge in [-0.25, -0.2) is 4.68 Å². The first-order chi connectivity index (χ1) is 16.9. The van der Waals surface area contributed by atoms with Crippen LogP contribution >= 0.6 is 11.6 Å². The highest BCUT2D eigenvalue weighted by molar-refractivity contribution is 6.35. The van der Waals surface area contributed by atoms with Crippen LogP contribution in [0.1, 0.15) is 24.2 Å². The maximum Gasteiger partial charge on any atom is 0.246 e. The second kappa shape index (κ2) is 9.38.